The van der Waals surface area contributed by atoms with Gasteiger partial charge in [0, 0.05) is 12.1 Å². The van der Waals surface area contributed by atoms with Crippen LogP contribution in [0.2, 0.25) is 0 Å². The number of rotatable bonds is 4. The Balaban J connectivity index is 1.55. The van der Waals surface area contributed by atoms with Gasteiger partial charge in [-0.25, -0.2) is 0 Å². The average Bonchev–Trinajstić information content (AvgIpc) is 2.89. The van der Waals surface area contributed by atoms with Gasteiger partial charge in [-0.1, -0.05) is 25.5 Å². The van der Waals surface area contributed by atoms with Crippen LogP contribution in [0.5, 0.6) is 0 Å². The van der Waals surface area contributed by atoms with Crippen molar-refractivity contribution in [2.45, 2.75) is 51.5 Å². The Labute approximate surface area is 131 Å². The summed E-state index contributed by atoms with van der Waals surface area (Å²) in [5.41, 5.74) is 2.31. The smallest absolute Gasteiger partial charge is 0.249 e. The minimum Gasteiger partial charge on any atom is -0.374 e. The second-order valence-electron chi connectivity index (χ2n) is 6.83. The largest absolute Gasteiger partial charge is 0.374 e. The average molecular weight is 300 g/mol. The van der Waals surface area contributed by atoms with Crippen molar-refractivity contribution >= 4 is 17.5 Å². The highest BCUT2D eigenvalue weighted by atomic mass is 16.2. The molecule has 4 heteroatoms. The van der Waals surface area contributed by atoms with Crippen LogP contribution in [0.4, 0.5) is 5.69 Å². The maximum absolute atomic E-state index is 11.7. The minimum absolute atomic E-state index is 0.177. The maximum atomic E-state index is 11.7. The molecule has 0 radical (unpaired) electrons. The van der Waals surface area contributed by atoms with Crippen molar-refractivity contribution in [3.63, 3.8) is 0 Å². The number of amides is 2. The molecule has 1 aliphatic heterocycles. The Kier molecular flexibility index (Phi) is 4.46. The van der Waals surface area contributed by atoms with Crippen LogP contribution in [0, 0.1) is 11.8 Å². The summed E-state index contributed by atoms with van der Waals surface area (Å²) in [4.78, 5) is 22.9. The molecule has 4 nitrogen and oxygen atoms in total. The molecule has 3 rings (SSSR count). The standard InChI is InChI=1S/C18H24N2O2/c1-12-2-3-14(10-12)11-13-4-6-15(7-5-13)19-16-8-9-17(21)20-18(16)22/h4-7,12,14,16,19H,2-3,8-11H2,1H3,(H,20,21,22). The zero-order valence-electron chi connectivity index (χ0n) is 13.1. The van der Waals surface area contributed by atoms with Crippen LogP contribution in [-0.2, 0) is 16.0 Å². The second-order valence-corrected chi connectivity index (χ2v) is 6.83. The highest BCUT2D eigenvalue weighted by Gasteiger charge is 2.26. The van der Waals surface area contributed by atoms with E-state index >= 15 is 0 Å². The van der Waals surface area contributed by atoms with Crippen LogP contribution >= 0.6 is 0 Å². The molecule has 3 atom stereocenters. The van der Waals surface area contributed by atoms with Crippen LogP contribution in [0.25, 0.3) is 0 Å². The number of benzene rings is 1. The Morgan fingerprint density at radius 3 is 2.55 bits per heavy atom. The molecule has 0 aromatic heterocycles. The molecule has 1 aliphatic carbocycles. The van der Waals surface area contributed by atoms with E-state index in [4.69, 9.17) is 0 Å². The summed E-state index contributed by atoms with van der Waals surface area (Å²) in [5.74, 6) is 1.30. The third-order valence-corrected chi connectivity index (χ3v) is 4.86. The maximum Gasteiger partial charge on any atom is 0.249 e. The minimum atomic E-state index is -0.306. The highest BCUT2D eigenvalue weighted by molar-refractivity contribution is 6.01. The Hall–Kier alpha value is -1.84. The normalized spacial score (nSPS) is 28.5. The fourth-order valence-corrected chi connectivity index (χ4v) is 3.61. The fourth-order valence-electron chi connectivity index (χ4n) is 3.61. The Morgan fingerprint density at radius 2 is 1.91 bits per heavy atom. The van der Waals surface area contributed by atoms with Gasteiger partial charge >= 0.3 is 0 Å². The molecular formula is C18H24N2O2. The molecule has 1 heterocycles. The van der Waals surface area contributed by atoms with Crippen LogP contribution in [0.1, 0.15) is 44.6 Å². The summed E-state index contributed by atoms with van der Waals surface area (Å²) < 4.78 is 0. The van der Waals surface area contributed by atoms with E-state index in [1.54, 1.807) is 0 Å². The van der Waals surface area contributed by atoms with Crippen molar-refractivity contribution in [2.75, 3.05) is 5.32 Å². The number of piperidine rings is 1. The van der Waals surface area contributed by atoms with E-state index in [9.17, 15) is 9.59 Å². The van der Waals surface area contributed by atoms with Crippen molar-refractivity contribution in [3.8, 4) is 0 Å². The zero-order valence-corrected chi connectivity index (χ0v) is 13.1. The van der Waals surface area contributed by atoms with Gasteiger partial charge in [-0.05, 0) is 55.2 Å². The third-order valence-electron chi connectivity index (χ3n) is 4.86. The molecule has 2 fully saturated rings. The van der Waals surface area contributed by atoms with Crippen LogP contribution in [0.3, 0.4) is 0 Å². The Morgan fingerprint density at radius 1 is 1.14 bits per heavy atom. The molecule has 2 aliphatic rings. The summed E-state index contributed by atoms with van der Waals surface area (Å²) in [6.07, 6.45) is 6.17. The van der Waals surface area contributed by atoms with Gasteiger partial charge in [-0.2, -0.15) is 0 Å². The number of anilines is 1. The number of hydrogen-bond donors (Lipinski definition) is 2. The van der Waals surface area contributed by atoms with Crippen molar-refractivity contribution in [3.05, 3.63) is 29.8 Å². The number of hydrogen-bond acceptors (Lipinski definition) is 3. The lowest BCUT2D eigenvalue weighted by Crippen LogP contribution is -2.47. The number of carbonyl (C=O) groups excluding carboxylic acids is 2. The van der Waals surface area contributed by atoms with Gasteiger partial charge in [0.05, 0.1) is 0 Å². The van der Waals surface area contributed by atoms with Gasteiger partial charge in [0.15, 0.2) is 0 Å². The van der Waals surface area contributed by atoms with E-state index in [2.05, 4.69) is 29.7 Å². The molecule has 0 bridgehead atoms. The lowest BCUT2D eigenvalue weighted by Gasteiger charge is -2.23. The quantitative estimate of drug-likeness (QED) is 0.841. The van der Waals surface area contributed by atoms with Crippen molar-refractivity contribution in [1.29, 1.82) is 0 Å². The predicted molar refractivity (Wildman–Crippen MR) is 86.4 cm³/mol. The lowest BCUT2D eigenvalue weighted by molar-refractivity contribution is -0.133. The third kappa shape index (κ3) is 3.67. The Bertz CT molecular complexity index is 553. The molecule has 2 amide bonds. The summed E-state index contributed by atoms with van der Waals surface area (Å²) in [6, 6.07) is 8.07. The SMILES string of the molecule is CC1CCC(Cc2ccc(NC3CCC(=O)NC3=O)cc2)C1. The molecule has 1 saturated heterocycles. The zero-order chi connectivity index (χ0) is 15.5. The monoisotopic (exact) mass is 300 g/mol. The molecule has 2 N–H and O–H groups in total. The summed E-state index contributed by atoms with van der Waals surface area (Å²) in [5, 5.41) is 5.59. The molecule has 118 valence electrons. The first kappa shape index (κ1) is 15.1. The van der Waals surface area contributed by atoms with Gasteiger partial charge < -0.3 is 5.32 Å². The first-order valence-corrected chi connectivity index (χ1v) is 8.29. The molecular weight excluding hydrogens is 276 g/mol. The van der Waals surface area contributed by atoms with Gasteiger partial charge in [-0.3, -0.25) is 14.9 Å². The van der Waals surface area contributed by atoms with Gasteiger partial charge in [0.2, 0.25) is 11.8 Å². The number of carbonyl (C=O) groups is 2. The molecule has 0 spiro atoms. The van der Waals surface area contributed by atoms with E-state index < -0.39 is 0 Å². The molecule has 1 aromatic rings. The highest BCUT2D eigenvalue weighted by Crippen LogP contribution is 2.32. The molecule has 1 saturated carbocycles. The first-order valence-electron chi connectivity index (χ1n) is 8.29. The molecule has 22 heavy (non-hydrogen) atoms. The van der Waals surface area contributed by atoms with Crippen molar-refractivity contribution < 1.29 is 9.59 Å². The molecule has 3 unspecified atom stereocenters. The van der Waals surface area contributed by atoms with E-state index in [0.29, 0.717) is 12.8 Å². The van der Waals surface area contributed by atoms with E-state index in [1.165, 1.54) is 24.8 Å². The molecule has 1 aromatic carbocycles. The van der Waals surface area contributed by atoms with Crippen LogP contribution in [-0.4, -0.2) is 17.9 Å². The second kappa shape index (κ2) is 6.51. The predicted octanol–water partition coefficient (Wildman–Crippen LogP) is 2.88. The first-order chi connectivity index (χ1) is 10.6. The van der Waals surface area contributed by atoms with E-state index in [0.717, 1.165) is 23.9 Å². The van der Waals surface area contributed by atoms with E-state index in [1.807, 2.05) is 12.1 Å². The number of nitrogens with one attached hydrogen (secondary N) is 2. The summed E-state index contributed by atoms with van der Waals surface area (Å²) >= 11 is 0. The van der Waals surface area contributed by atoms with Gasteiger partial charge in [0.25, 0.3) is 0 Å². The van der Waals surface area contributed by atoms with Gasteiger partial charge in [0.1, 0.15) is 6.04 Å². The van der Waals surface area contributed by atoms with Crippen molar-refractivity contribution in [1.82, 2.24) is 5.32 Å². The van der Waals surface area contributed by atoms with Crippen LogP contribution in [0.15, 0.2) is 24.3 Å². The van der Waals surface area contributed by atoms with E-state index in [-0.39, 0.29) is 17.9 Å². The van der Waals surface area contributed by atoms with Gasteiger partial charge in [-0.15, -0.1) is 0 Å². The fraction of sp³-hybridized carbons (Fsp3) is 0.556. The lowest BCUT2D eigenvalue weighted by atomic mass is 9.97. The van der Waals surface area contributed by atoms with Crippen molar-refractivity contribution in [2.24, 2.45) is 11.8 Å². The topological polar surface area (TPSA) is 58.2 Å². The summed E-state index contributed by atoms with van der Waals surface area (Å²) in [6.45, 7) is 2.34. The van der Waals surface area contributed by atoms with Crippen LogP contribution < -0.4 is 10.6 Å². The number of imide groups is 1. The summed E-state index contributed by atoms with van der Waals surface area (Å²) in [7, 11) is 0.